The van der Waals surface area contributed by atoms with Crippen molar-refractivity contribution in [2.45, 2.75) is 25.8 Å². The van der Waals surface area contributed by atoms with Gasteiger partial charge in [0.1, 0.15) is 0 Å². The van der Waals surface area contributed by atoms with Crippen LogP contribution in [-0.4, -0.2) is 16.0 Å². The molecule has 1 aliphatic heterocycles. The molecule has 0 bridgehead atoms. The second-order valence-electron chi connectivity index (χ2n) is 6.75. The number of benzene rings is 2. The van der Waals surface area contributed by atoms with E-state index < -0.39 is 0 Å². The van der Waals surface area contributed by atoms with Gasteiger partial charge >= 0.3 is 0 Å². The highest BCUT2D eigenvalue weighted by Crippen LogP contribution is 2.33. The second-order valence-corrected chi connectivity index (χ2v) is 7.90. The van der Waals surface area contributed by atoms with Gasteiger partial charge in [0, 0.05) is 34.9 Å². The molecule has 0 saturated carbocycles. The van der Waals surface area contributed by atoms with Gasteiger partial charge in [0.2, 0.25) is 0 Å². The molecule has 2 aromatic carbocycles. The molecule has 4 nitrogen and oxygen atoms in total. The van der Waals surface area contributed by atoms with E-state index in [0.29, 0.717) is 0 Å². The number of aryl methyl sites for hydroxylation is 2. The van der Waals surface area contributed by atoms with Crippen LogP contribution in [0, 0.1) is 6.92 Å². The molecule has 3 aromatic rings. The van der Waals surface area contributed by atoms with Gasteiger partial charge in [-0.1, -0.05) is 49.0 Å². The van der Waals surface area contributed by atoms with Gasteiger partial charge < -0.3 is 15.2 Å². The first-order chi connectivity index (χ1) is 13.1. The van der Waals surface area contributed by atoms with Crippen LogP contribution >= 0.6 is 11.8 Å². The molecule has 0 unspecified atom stereocenters. The number of nitrogens with zero attached hydrogens (tertiary/aromatic N) is 1. The Labute approximate surface area is 163 Å². The molecule has 5 heteroatoms. The standard InChI is InChI=1S/C22H23N3OS/c1-4-15-9-11-16(12-10-15)23-22-24-21(26)20(27-22)13-18-14(2)25(3)19-8-6-5-7-17(18)19/h5-13,22-23H,4H2,1-3H3,(H,24,26)/b20-13-/t22-/m1/s1. The molecule has 0 radical (unpaired) electrons. The third-order valence-corrected chi connectivity index (χ3v) is 6.14. The smallest absolute Gasteiger partial charge is 0.260 e. The molecule has 0 spiro atoms. The fourth-order valence-electron chi connectivity index (χ4n) is 3.42. The van der Waals surface area contributed by atoms with Crippen molar-refractivity contribution in [3.05, 3.63) is 70.3 Å². The van der Waals surface area contributed by atoms with Crippen molar-refractivity contribution >= 4 is 40.3 Å². The Morgan fingerprint density at radius 3 is 2.67 bits per heavy atom. The minimum Gasteiger partial charge on any atom is -0.357 e. The first kappa shape index (κ1) is 17.7. The molecule has 4 rings (SSSR count). The minimum absolute atomic E-state index is 0.0324. The lowest BCUT2D eigenvalue weighted by molar-refractivity contribution is -0.116. The summed E-state index contributed by atoms with van der Waals surface area (Å²) >= 11 is 1.52. The predicted molar refractivity (Wildman–Crippen MR) is 115 cm³/mol. The van der Waals surface area contributed by atoms with Gasteiger partial charge in [-0.2, -0.15) is 0 Å². The lowest BCUT2D eigenvalue weighted by Crippen LogP contribution is -2.30. The Morgan fingerprint density at radius 2 is 1.93 bits per heavy atom. The number of aromatic nitrogens is 1. The van der Waals surface area contributed by atoms with E-state index in [0.717, 1.165) is 28.3 Å². The monoisotopic (exact) mass is 377 g/mol. The SMILES string of the molecule is CCc1ccc(N[C@@H]2NC(=O)/C(=C/c3c(C)n(C)c4ccccc34)S2)cc1. The van der Waals surface area contributed by atoms with E-state index in [1.165, 1.54) is 28.2 Å². The van der Waals surface area contributed by atoms with E-state index in [4.69, 9.17) is 0 Å². The van der Waals surface area contributed by atoms with Gasteiger partial charge in [0.15, 0.2) is 5.50 Å². The highest BCUT2D eigenvalue weighted by molar-refractivity contribution is 8.05. The molecule has 1 aliphatic rings. The van der Waals surface area contributed by atoms with E-state index in [1.54, 1.807) is 0 Å². The molecular formula is C22H23N3OS. The van der Waals surface area contributed by atoms with Crippen molar-refractivity contribution < 1.29 is 4.79 Å². The summed E-state index contributed by atoms with van der Waals surface area (Å²) < 4.78 is 2.17. The number of rotatable bonds is 4. The minimum atomic E-state index is -0.161. The molecule has 0 aliphatic carbocycles. The molecule has 138 valence electrons. The first-order valence-corrected chi connectivity index (χ1v) is 10.0. The van der Waals surface area contributed by atoms with Crippen LogP contribution in [-0.2, 0) is 18.3 Å². The van der Waals surface area contributed by atoms with E-state index in [-0.39, 0.29) is 11.4 Å². The fourth-order valence-corrected chi connectivity index (χ4v) is 4.38. The number of hydrogen-bond donors (Lipinski definition) is 2. The Kier molecular flexibility index (Phi) is 4.70. The quantitative estimate of drug-likeness (QED) is 0.651. The average Bonchev–Trinajstić information content (AvgIpc) is 3.15. The molecule has 1 aromatic heterocycles. The zero-order chi connectivity index (χ0) is 19.0. The van der Waals surface area contributed by atoms with Crippen LogP contribution < -0.4 is 10.6 Å². The molecule has 1 fully saturated rings. The van der Waals surface area contributed by atoms with Gasteiger partial charge in [-0.25, -0.2) is 0 Å². The Morgan fingerprint density at radius 1 is 1.19 bits per heavy atom. The molecule has 2 N–H and O–H groups in total. The fraction of sp³-hybridized carbons (Fsp3) is 0.227. The summed E-state index contributed by atoms with van der Waals surface area (Å²) in [5.74, 6) is -0.0324. The summed E-state index contributed by atoms with van der Waals surface area (Å²) in [6.45, 7) is 4.23. The number of para-hydroxylation sites is 1. The maximum Gasteiger partial charge on any atom is 0.260 e. The Balaban J connectivity index is 1.58. The molecule has 2 heterocycles. The van der Waals surface area contributed by atoms with Crippen LogP contribution in [0.2, 0.25) is 0 Å². The lowest BCUT2D eigenvalue weighted by atomic mass is 10.1. The van der Waals surface area contributed by atoms with Crippen molar-refractivity contribution in [1.82, 2.24) is 9.88 Å². The van der Waals surface area contributed by atoms with Crippen molar-refractivity contribution in [2.24, 2.45) is 7.05 Å². The summed E-state index contributed by atoms with van der Waals surface area (Å²) in [7, 11) is 2.06. The van der Waals surface area contributed by atoms with Crippen molar-refractivity contribution in [3.8, 4) is 0 Å². The van der Waals surface area contributed by atoms with Crippen LogP contribution in [0.4, 0.5) is 5.69 Å². The number of hydrogen-bond acceptors (Lipinski definition) is 3. The third kappa shape index (κ3) is 3.35. The van der Waals surface area contributed by atoms with E-state index >= 15 is 0 Å². The highest BCUT2D eigenvalue weighted by atomic mass is 32.2. The van der Waals surface area contributed by atoms with Crippen LogP contribution in [0.1, 0.15) is 23.7 Å². The van der Waals surface area contributed by atoms with Crippen LogP contribution in [0.25, 0.3) is 17.0 Å². The van der Waals surface area contributed by atoms with E-state index in [1.807, 2.05) is 18.2 Å². The lowest BCUT2D eigenvalue weighted by Gasteiger charge is -2.12. The number of fused-ring (bicyclic) bond motifs is 1. The van der Waals surface area contributed by atoms with Gasteiger partial charge in [-0.05, 0) is 43.2 Å². The van der Waals surface area contributed by atoms with Crippen molar-refractivity contribution in [3.63, 3.8) is 0 Å². The summed E-state index contributed by atoms with van der Waals surface area (Å²) in [4.78, 5) is 13.2. The predicted octanol–water partition coefficient (Wildman–Crippen LogP) is 4.65. The van der Waals surface area contributed by atoms with E-state index in [2.05, 4.69) is 72.5 Å². The second kappa shape index (κ2) is 7.16. The van der Waals surface area contributed by atoms with Gasteiger partial charge in [0.25, 0.3) is 5.91 Å². The van der Waals surface area contributed by atoms with Gasteiger partial charge in [-0.15, -0.1) is 0 Å². The number of thioether (sulfide) groups is 1. The summed E-state index contributed by atoms with van der Waals surface area (Å²) in [5, 5.41) is 7.57. The average molecular weight is 378 g/mol. The number of nitrogens with one attached hydrogen (secondary N) is 2. The van der Waals surface area contributed by atoms with Crippen LogP contribution in [0.5, 0.6) is 0 Å². The molecule has 1 atom stereocenters. The maximum absolute atomic E-state index is 12.5. The summed E-state index contributed by atoms with van der Waals surface area (Å²) in [6.07, 6.45) is 3.03. The summed E-state index contributed by atoms with van der Waals surface area (Å²) in [6, 6.07) is 16.6. The topological polar surface area (TPSA) is 46.1 Å². The summed E-state index contributed by atoms with van der Waals surface area (Å²) in [5.41, 5.74) is 5.59. The zero-order valence-corrected chi connectivity index (χ0v) is 16.6. The van der Waals surface area contributed by atoms with Crippen LogP contribution in [0.3, 0.4) is 0 Å². The van der Waals surface area contributed by atoms with Crippen LogP contribution in [0.15, 0.2) is 53.4 Å². The highest BCUT2D eigenvalue weighted by Gasteiger charge is 2.27. The van der Waals surface area contributed by atoms with Gasteiger partial charge in [-0.3, -0.25) is 4.79 Å². The Hall–Kier alpha value is -2.66. The number of carbonyl (C=O) groups is 1. The largest absolute Gasteiger partial charge is 0.357 e. The maximum atomic E-state index is 12.5. The van der Waals surface area contributed by atoms with Gasteiger partial charge in [0.05, 0.1) is 4.91 Å². The van der Waals surface area contributed by atoms with Crippen molar-refractivity contribution in [2.75, 3.05) is 5.32 Å². The Bertz CT molecular complexity index is 1030. The van der Waals surface area contributed by atoms with Crippen molar-refractivity contribution in [1.29, 1.82) is 0 Å². The number of carbonyl (C=O) groups excluding carboxylic acids is 1. The third-order valence-electron chi connectivity index (χ3n) is 5.11. The number of amides is 1. The molecule has 1 amide bonds. The molecule has 27 heavy (non-hydrogen) atoms. The normalized spacial score (nSPS) is 18.3. The van der Waals surface area contributed by atoms with E-state index in [9.17, 15) is 4.79 Å². The molecular weight excluding hydrogens is 354 g/mol. The molecule has 1 saturated heterocycles. The number of anilines is 1. The first-order valence-electron chi connectivity index (χ1n) is 9.15. The zero-order valence-electron chi connectivity index (χ0n) is 15.7.